The molecule has 0 saturated heterocycles. The quantitative estimate of drug-likeness (QED) is 0.391. The Hall–Kier alpha value is -4.75. The highest BCUT2D eigenvalue weighted by atomic mass is 32.2. The largest absolute Gasteiger partial charge is 0.457 e. The summed E-state index contributed by atoms with van der Waals surface area (Å²) in [6, 6.07) is 19.9. The van der Waals surface area contributed by atoms with E-state index in [2.05, 4.69) is 0 Å². The summed E-state index contributed by atoms with van der Waals surface area (Å²) in [5.74, 6) is -1.19. The van der Waals surface area contributed by atoms with Crippen molar-refractivity contribution in [2.24, 2.45) is 0 Å². The molecule has 3 aromatic rings. The van der Waals surface area contributed by atoms with E-state index in [0.29, 0.717) is 17.1 Å². The molecule has 0 aliphatic carbocycles. The number of imide groups is 1. The van der Waals surface area contributed by atoms with E-state index in [1.165, 1.54) is 37.3 Å². The van der Waals surface area contributed by atoms with E-state index >= 15 is 0 Å². The van der Waals surface area contributed by atoms with Crippen molar-refractivity contribution in [3.05, 3.63) is 94.8 Å². The molecule has 0 spiro atoms. The van der Waals surface area contributed by atoms with Gasteiger partial charge in [0.05, 0.1) is 11.4 Å². The lowest BCUT2D eigenvalue weighted by Gasteiger charge is -2.27. The number of nitrogens with zero attached hydrogens (tertiary/aromatic N) is 2. The Morgan fingerprint density at radius 2 is 1.70 bits per heavy atom. The zero-order chi connectivity index (χ0) is 26.7. The van der Waals surface area contributed by atoms with E-state index in [4.69, 9.17) is 4.42 Å². The van der Waals surface area contributed by atoms with Crippen molar-refractivity contribution in [2.75, 3.05) is 0 Å². The first kappa shape index (κ1) is 25.3. The van der Waals surface area contributed by atoms with Gasteiger partial charge in [-0.2, -0.15) is 5.26 Å². The fraction of sp³-hybridized carbons (Fsp3) is 0.111. The third-order valence-corrected chi connectivity index (χ3v) is 7.10. The Morgan fingerprint density at radius 3 is 2.32 bits per heavy atom. The molecule has 1 N–H and O–H groups in total. The summed E-state index contributed by atoms with van der Waals surface area (Å²) >= 11 is 0. The highest BCUT2D eigenvalue weighted by Crippen LogP contribution is 2.30. The van der Waals surface area contributed by atoms with Crippen LogP contribution in [0.15, 0.2) is 92.8 Å². The number of hydrogen-bond acceptors (Lipinski definition) is 7. The van der Waals surface area contributed by atoms with E-state index < -0.39 is 27.7 Å². The van der Waals surface area contributed by atoms with Crippen LogP contribution in [0, 0.1) is 11.3 Å². The predicted octanol–water partition coefficient (Wildman–Crippen LogP) is 3.56. The lowest BCUT2D eigenvalue weighted by molar-refractivity contribution is -0.141. The molecular weight excluding hydrogens is 494 g/mol. The minimum atomic E-state index is -3.97. The molecule has 1 aliphatic rings. The van der Waals surface area contributed by atoms with Gasteiger partial charge in [0.1, 0.15) is 23.2 Å². The van der Waals surface area contributed by atoms with Gasteiger partial charge in [-0.05, 0) is 60.5 Å². The van der Waals surface area contributed by atoms with Crippen LogP contribution in [0.25, 0.3) is 17.4 Å². The minimum Gasteiger partial charge on any atom is -0.457 e. The predicted molar refractivity (Wildman–Crippen MR) is 133 cm³/mol. The number of amides is 3. The summed E-state index contributed by atoms with van der Waals surface area (Å²) in [4.78, 5) is 38.2. The van der Waals surface area contributed by atoms with Crippen LogP contribution < -0.4 is 4.72 Å². The van der Waals surface area contributed by atoms with Crippen LogP contribution in [-0.2, 0) is 31.0 Å². The third kappa shape index (κ3) is 5.27. The molecular formula is C27H21N3O6S. The van der Waals surface area contributed by atoms with Crippen molar-refractivity contribution in [1.82, 2.24) is 9.62 Å². The van der Waals surface area contributed by atoms with Crippen molar-refractivity contribution < 1.29 is 27.2 Å². The molecule has 37 heavy (non-hydrogen) atoms. The molecule has 2 heterocycles. The fourth-order valence-corrected chi connectivity index (χ4v) is 4.80. The van der Waals surface area contributed by atoms with E-state index in [1.807, 2.05) is 16.9 Å². The average molecular weight is 516 g/mol. The first-order chi connectivity index (χ1) is 17.6. The molecule has 0 unspecified atom stereocenters. The van der Waals surface area contributed by atoms with Crippen LogP contribution >= 0.6 is 0 Å². The molecule has 0 bridgehead atoms. The summed E-state index contributed by atoms with van der Waals surface area (Å²) in [6.45, 7) is 2.67. The molecule has 0 radical (unpaired) electrons. The lowest BCUT2D eigenvalue weighted by atomic mass is 9.94. The summed E-state index contributed by atoms with van der Waals surface area (Å²) < 4.78 is 32.0. The standard InChI is InChI=1S/C27H21N3O6S/c1-17-23(26(32)30(27(33)24(17)15-28)16-19-6-4-3-5-7-19)14-21-10-13-25(36-21)20-8-11-22(12-9-20)37(34,35)29-18(2)31/h3-14H,16H2,1-2H3,(H,29,31)/b23-14+. The molecule has 1 aliphatic heterocycles. The van der Waals surface area contributed by atoms with E-state index in [-0.39, 0.29) is 28.2 Å². The summed E-state index contributed by atoms with van der Waals surface area (Å²) in [5, 5.41) is 9.58. The zero-order valence-electron chi connectivity index (χ0n) is 19.9. The van der Waals surface area contributed by atoms with Crippen molar-refractivity contribution >= 4 is 33.8 Å². The van der Waals surface area contributed by atoms with Crippen LogP contribution in [0.4, 0.5) is 0 Å². The van der Waals surface area contributed by atoms with Crippen LogP contribution in [-0.4, -0.2) is 31.0 Å². The minimum absolute atomic E-state index is 0.0193. The number of sulfonamides is 1. The Labute approximate surface area is 213 Å². The van der Waals surface area contributed by atoms with Gasteiger partial charge in [0.15, 0.2) is 0 Å². The van der Waals surface area contributed by atoms with E-state index in [1.54, 1.807) is 36.4 Å². The summed E-state index contributed by atoms with van der Waals surface area (Å²) in [7, 11) is -3.97. The maximum atomic E-state index is 13.3. The Bertz CT molecular complexity index is 1610. The first-order valence-corrected chi connectivity index (χ1v) is 12.6. The van der Waals surface area contributed by atoms with Crippen molar-refractivity contribution in [2.45, 2.75) is 25.3 Å². The van der Waals surface area contributed by atoms with Gasteiger partial charge in [-0.3, -0.25) is 19.3 Å². The second-order valence-corrected chi connectivity index (χ2v) is 9.92. The summed E-state index contributed by atoms with van der Waals surface area (Å²) in [5.41, 5.74) is 1.60. The number of nitriles is 1. The molecule has 9 nitrogen and oxygen atoms in total. The van der Waals surface area contributed by atoms with Crippen LogP contribution in [0.5, 0.6) is 0 Å². The highest BCUT2D eigenvalue weighted by Gasteiger charge is 2.35. The maximum absolute atomic E-state index is 13.3. The number of furan rings is 1. The SMILES string of the molecule is CC(=O)NS(=O)(=O)c1ccc(-c2ccc(/C=C3/C(=O)N(Cc4ccccc4)C(=O)C(C#N)=C3C)o2)cc1. The van der Waals surface area contributed by atoms with Gasteiger partial charge in [-0.1, -0.05) is 30.3 Å². The molecule has 2 aromatic carbocycles. The van der Waals surface area contributed by atoms with E-state index in [0.717, 1.165) is 17.4 Å². The normalized spacial score (nSPS) is 15.2. The second kappa shape index (κ2) is 10.1. The van der Waals surface area contributed by atoms with Crippen molar-refractivity contribution in [1.29, 1.82) is 5.26 Å². The molecule has 186 valence electrons. The number of rotatable bonds is 6. The van der Waals surface area contributed by atoms with Crippen LogP contribution in [0.1, 0.15) is 25.2 Å². The van der Waals surface area contributed by atoms with Crippen molar-refractivity contribution in [3.8, 4) is 17.4 Å². The molecule has 3 amide bonds. The van der Waals surface area contributed by atoms with Gasteiger partial charge >= 0.3 is 0 Å². The van der Waals surface area contributed by atoms with Gasteiger partial charge in [-0.25, -0.2) is 13.1 Å². The number of nitrogens with one attached hydrogen (secondary N) is 1. The van der Waals surface area contributed by atoms with Gasteiger partial charge in [-0.15, -0.1) is 0 Å². The molecule has 10 heteroatoms. The third-order valence-electron chi connectivity index (χ3n) is 5.65. The lowest BCUT2D eigenvalue weighted by Crippen LogP contribution is -2.42. The molecule has 0 fully saturated rings. The monoisotopic (exact) mass is 515 g/mol. The topological polar surface area (TPSA) is 138 Å². The summed E-state index contributed by atoms with van der Waals surface area (Å²) in [6.07, 6.45) is 1.47. The van der Waals surface area contributed by atoms with Gasteiger partial charge < -0.3 is 4.42 Å². The maximum Gasteiger partial charge on any atom is 0.271 e. The number of benzene rings is 2. The smallest absolute Gasteiger partial charge is 0.271 e. The van der Waals surface area contributed by atoms with Crippen molar-refractivity contribution in [3.63, 3.8) is 0 Å². The van der Waals surface area contributed by atoms with Crippen LogP contribution in [0.2, 0.25) is 0 Å². The second-order valence-electron chi connectivity index (χ2n) is 8.24. The average Bonchev–Trinajstić information content (AvgIpc) is 3.33. The van der Waals surface area contributed by atoms with Gasteiger partial charge in [0.2, 0.25) is 5.91 Å². The fourth-order valence-electron chi connectivity index (χ4n) is 3.81. The number of hydrogen-bond donors (Lipinski definition) is 1. The Morgan fingerprint density at radius 1 is 1.03 bits per heavy atom. The first-order valence-electron chi connectivity index (χ1n) is 11.1. The van der Waals surface area contributed by atoms with Gasteiger partial charge in [0, 0.05) is 18.1 Å². The zero-order valence-corrected chi connectivity index (χ0v) is 20.7. The van der Waals surface area contributed by atoms with Crippen LogP contribution in [0.3, 0.4) is 0 Å². The molecule has 4 rings (SSSR count). The Balaban J connectivity index is 1.64. The molecule has 0 saturated carbocycles. The number of carbonyl (C=O) groups excluding carboxylic acids is 3. The van der Waals surface area contributed by atoms with E-state index in [9.17, 15) is 28.1 Å². The Kier molecular flexibility index (Phi) is 6.91. The van der Waals surface area contributed by atoms with Gasteiger partial charge in [0.25, 0.3) is 21.8 Å². The highest BCUT2D eigenvalue weighted by molar-refractivity contribution is 7.90. The molecule has 1 aromatic heterocycles. The molecule has 0 atom stereocenters. The number of carbonyl (C=O) groups is 3.